The van der Waals surface area contributed by atoms with E-state index in [9.17, 15) is 22.4 Å². The fourth-order valence-corrected chi connectivity index (χ4v) is 2.00. The Labute approximate surface area is 141 Å². The Kier molecular flexibility index (Phi) is 5.76. The van der Waals surface area contributed by atoms with Crippen molar-refractivity contribution in [1.29, 1.82) is 0 Å². The molecule has 0 fully saturated rings. The fourth-order valence-electron chi connectivity index (χ4n) is 2.00. The van der Waals surface area contributed by atoms with Crippen molar-refractivity contribution in [2.45, 2.75) is 33.2 Å². The molecule has 1 heterocycles. The van der Waals surface area contributed by atoms with E-state index >= 15 is 0 Å². The number of hydrogen-bond acceptors (Lipinski definition) is 4. The maximum Gasteiger partial charge on any atom is 0.203 e. The third-order valence-electron chi connectivity index (χ3n) is 3.81. The number of carbonyl (C=O) groups is 1. The number of ether oxygens (including phenoxy) is 1. The van der Waals surface area contributed by atoms with Crippen LogP contribution in [0.2, 0.25) is 0 Å². The number of hydrogen-bond donors (Lipinski definition) is 0. The Hall–Kier alpha value is -2.45. The zero-order valence-electron chi connectivity index (χ0n) is 13.9. The molecule has 1 aromatic carbocycles. The van der Waals surface area contributed by atoms with Crippen LogP contribution in [0.5, 0.6) is 5.75 Å². The third-order valence-corrected chi connectivity index (χ3v) is 3.81. The molecule has 0 bridgehead atoms. The van der Waals surface area contributed by atoms with Gasteiger partial charge in [0.1, 0.15) is 13.2 Å². The van der Waals surface area contributed by atoms with Crippen LogP contribution in [0.4, 0.5) is 17.6 Å². The van der Waals surface area contributed by atoms with Crippen molar-refractivity contribution in [3.8, 4) is 5.75 Å². The van der Waals surface area contributed by atoms with Crippen LogP contribution in [-0.4, -0.2) is 27.4 Å². The van der Waals surface area contributed by atoms with Crippen LogP contribution in [0.3, 0.4) is 0 Å². The van der Waals surface area contributed by atoms with E-state index in [1.54, 1.807) is 6.20 Å². The zero-order valence-corrected chi connectivity index (χ0v) is 13.9. The monoisotopic (exact) mass is 359 g/mol. The third kappa shape index (κ3) is 4.34. The molecule has 0 radical (unpaired) electrons. The minimum absolute atomic E-state index is 0.0617. The Morgan fingerprint density at radius 1 is 1.16 bits per heavy atom. The van der Waals surface area contributed by atoms with Gasteiger partial charge in [-0.25, -0.2) is 13.5 Å². The summed E-state index contributed by atoms with van der Waals surface area (Å²) in [7, 11) is 0. The quantitative estimate of drug-likeness (QED) is 0.563. The average Bonchev–Trinajstić information content (AvgIpc) is 3.00. The largest absolute Gasteiger partial charge is 0.479 e. The highest BCUT2D eigenvalue weighted by atomic mass is 19.2. The van der Waals surface area contributed by atoms with Crippen molar-refractivity contribution in [1.82, 2.24) is 15.0 Å². The highest BCUT2D eigenvalue weighted by molar-refractivity contribution is 5.79. The molecule has 0 aliphatic rings. The average molecular weight is 359 g/mol. The van der Waals surface area contributed by atoms with E-state index in [-0.39, 0.29) is 18.5 Å². The van der Waals surface area contributed by atoms with Crippen molar-refractivity contribution in [2.24, 2.45) is 5.92 Å². The Balaban J connectivity index is 2.00. The molecule has 0 aliphatic heterocycles. The van der Waals surface area contributed by atoms with E-state index in [1.165, 1.54) is 4.68 Å². The summed E-state index contributed by atoms with van der Waals surface area (Å²) in [4.78, 5) is 11.8. The SMILES string of the molecule is CC(C)C(C)c1cn(CC(=O)COc2c(F)c(F)cc(F)c2F)nn1. The van der Waals surface area contributed by atoms with Gasteiger partial charge in [0, 0.05) is 18.2 Å². The van der Waals surface area contributed by atoms with Crippen LogP contribution in [0.25, 0.3) is 0 Å². The number of nitrogens with zero attached hydrogens (tertiary/aromatic N) is 3. The summed E-state index contributed by atoms with van der Waals surface area (Å²) in [6.07, 6.45) is 1.59. The van der Waals surface area contributed by atoms with E-state index in [2.05, 4.69) is 15.0 Å². The summed E-state index contributed by atoms with van der Waals surface area (Å²) >= 11 is 0. The van der Waals surface area contributed by atoms with Gasteiger partial charge in [0.05, 0.1) is 5.69 Å². The van der Waals surface area contributed by atoms with Gasteiger partial charge in [0.2, 0.25) is 11.6 Å². The van der Waals surface area contributed by atoms with Crippen molar-refractivity contribution >= 4 is 5.78 Å². The number of rotatable bonds is 7. The van der Waals surface area contributed by atoms with Crippen molar-refractivity contribution in [2.75, 3.05) is 6.61 Å². The fraction of sp³-hybridized carbons (Fsp3) is 0.438. The van der Waals surface area contributed by atoms with Crippen LogP contribution in [0, 0.1) is 29.2 Å². The number of carbonyl (C=O) groups excluding carboxylic acids is 1. The molecule has 0 saturated heterocycles. The highest BCUT2D eigenvalue weighted by Crippen LogP contribution is 2.26. The lowest BCUT2D eigenvalue weighted by molar-refractivity contribution is -0.121. The number of aromatic nitrogens is 3. The smallest absolute Gasteiger partial charge is 0.203 e. The maximum absolute atomic E-state index is 13.4. The Bertz CT molecular complexity index is 751. The first-order valence-electron chi connectivity index (χ1n) is 7.58. The predicted molar refractivity (Wildman–Crippen MR) is 80.1 cm³/mol. The summed E-state index contributed by atoms with van der Waals surface area (Å²) in [6, 6.07) is 0.0617. The summed E-state index contributed by atoms with van der Waals surface area (Å²) in [5.41, 5.74) is 0.702. The van der Waals surface area contributed by atoms with E-state index < -0.39 is 41.4 Å². The molecule has 2 aromatic rings. The van der Waals surface area contributed by atoms with Crippen LogP contribution < -0.4 is 4.74 Å². The van der Waals surface area contributed by atoms with Crippen LogP contribution in [0.1, 0.15) is 32.4 Å². The van der Waals surface area contributed by atoms with Gasteiger partial charge in [0.15, 0.2) is 23.2 Å². The minimum Gasteiger partial charge on any atom is -0.479 e. The van der Waals surface area contributed by atoms with E-state index in [0.29, 0.717) is 11.6 Å². The normalized spacial score (nSPS) is 12.5. The second-order valence-corrected chi connectivity index (χ2v) is 6.00. The molecule has 25 heavy (non-hydrogen) atoms. The number of ketones is 1. The molecule has 1 unspecified atom stereocenters. The van der Waals surface area contributed by atoms with Crippen LogP contribution in [0.15, 0.2) is 12.3 Å². The molecule has 0 amide bonds. The maximum atomic E-state index is 13.4. The predicted octanol–water partition coefficient (Wildman–Crippen LogP) is 3.24. The summed E-state index contributed by atoms with van der Waals surface area (Å²) in [6.45, 7) is 4.98. The second kappa shape index (κ2) is 7.62. The van der Waals surface area contributed by atoms with Crippen LogP contribution in [-0.2, 0) is 11.3 Å². The van der Waals surface area contributed by atoms with Gasteiger partial charge in [-0.3, -0.25) is 4.79 Å². The number of Topliss-reactive ketones (excluding diaryl/α,β-unsaturated/α-hetero) is 1. The van der Waals surface area contributed by atoms with Gasteiger partial charge in [-0.1, -0.05) is 26.0 Å². The number of halogens is 4. The molecule has 0 aliphatic carbocycles. The minimum atomic E-state index is -1.69. The number of benzene rings is 1. The molecule has 0 spiro atoms. The van der Waals surface area contributed by atoms with Gasteiger partial charge < -0.3 is 4.74 Å². The Morgan fingerprint density at radius 3 is 2.32 bits per heavy atom. The lowest BCUT2D eigenvalue weighted by atomic mass is 9.95. The Morgan fingerprint density at radius 2 is 1.76 bits per heavy atom. The topological polar surface area (TPSA) is 57.0 Å². The molecule has 0 saturated carbocycles. The van der Waals surface area contributed by atoms with Crippen LogP contribution >= 0.6 is 0 Å². The van der Waals surface area contributed by atoms with E-state index in [0.717, 1.165) is 0 Å². The van der Waals surface area contributed by atoms with Gasteiger partial charge in [0.25, 0.3) is 0 Å². The van der Waals surface area contributed by atoms with E-state index in [1.807, 2.05) is 20.8 Å². The summed E-state index contributed by atoms with van der Waals surface area (Å²) in [5, 5.41) is 7.76. The zero-order chi connectivity index (χ0) is 18.7. The summed E-state index contributed by atoms with van der Waals surface area (Å²) in [5.74, 6) is -8.00. The molecule has 1 aromatic heterocycles. The highest BCUT2D eigenvalue weighted by Gasteiger charge is 2.21. The van der Waals surface area contributed by atoms with Gasteiger partial charge in [-0.15, -0.1) is 5.10 Å². The van der Waals surface area contributed by atoms with Gasteiger partial charge in [-0.05, 0) is 5.92 Å². The molecular formula is C16H17F4N3O2. The molecule has 136 valence electrons. The lowest BCUT2D eigenvalue weighted by Gasteiger charge is -2.11. The van der Waals surface area contributed by atoms with Gasteiger partial charge >= 0.3 is 0 Å². The van der Waals surface area contributed by atoms with Gasteiger partial charge in [-0.2, -0.15) is 8.78 Å². The molecule has 9 heteroatoms. The standard InChI is InChI=1S/C16H17F4N3O2/c1-8(2)9(3)13-6-23(22-21-13)5-10(24)7-25-16-14(19)11(17)4-12(18)15(16)20/h4,6,8-9H,5,7H2,1-3H3. The lowest BCUT2D eigenvalue weighted by Crippen LogP contribution is -2.19. The molecule has 0 N–H and O–H groups in total. The first kappa shape index (κ1) is 18.9. The van der Waals surface area contributed by atoms with Crippen molar-refractivity contribution in [3.05, 3.63) is 41.2 Å². The van der Waals surface area contributed by atoms with E-state index in [4.69, 9.17) is 0 Å². The molecule has 2 rings (SSSR count). The summed E-state index contributed by atoms with van der Waals surface area (Å²) < 4.78 is 58.9. The molecule has 1 atom stereocenters. The molecular weight excluding hydrogens is 342 g/mol. The first-order valence-corrected chi connectivity index (χ1v) is 7.58. The first-order chi connectivity index (χ1) is 11.7. The second-order valence-electron chi connectivity index (χ2n) is 6.00. The molecule has 5 nitrogen and oxygen atoms in total. The van der Waals surface area contributed by atoms with Crippen molar-refractivity contribution in [3.63, 3.8) is 0 Å². The van der Waals surface area contributed by atoms with Crippen molar-refractivity contribution < 1.29 is 27.1 Å².